The number of hydrogen-bond acceptors (Lipinski definition) is 3. The molecule has 0 radical (unpaired) electrons. The molecule has 2 heterocycles. The Kier molecular flexibility index (Phi) is 2.86. The molecule has 2 aliphatic heterocycles. The molecule has 1 amide bonds. The van der Waals surface area contributed by atoms with Crippen LogP contribution in [0.2, 0.25) is 0 Å². The monoisotopic (exact) mass is 287 g/mol. The van der Waals surface area contributed by atoms with Crippen molar-refractivity contribution in [3.63, 3.8) is 0 Å². The van der Waals surface area contributed by atoms with Gasteiger partial charge < -0.3 is 14.6 Å². The highest BCUT2D eigenvalue weighted by Crippen LogP contribution is 2.39. The van der Waals surface area contributed by atoms with Crippen molar-refractivity contribution in [3.8, 4) is 0 Å². The quantitative estimate of drug-likeness (QED) is 0.806. The van der Waals surface area contributed by atoms with Gasteiger partial charge in [-0.1, -0.05) is 12.1 Å². The van der Waals surface area contributed by atoms with E-state index in [4.69, 9.17) is 9.31 Å². The number of nitrogens with one attached hydrogen (secondary N) is 1. The zero-order valence-electron chi connectivity index (χ0n) is 13.5. The van der Waals surface area contributed by atoms with Gasteiger partial charge >= 0.3 is 7.12 Å². The van der Waals surface area contributed by atoms with Crippen molar-refractivity contribution >= 4 is 24.2 Å². The molecule has 3 rings (SSSR count). The Bertz CT molecular complexity index is 606. The molecule has 1 aromatic carbocycles. The summed E-state index contributed by atoms with van der Waals surface area (Å²) in [5, 5.41) is 2.94. The molecule has 0 spiro atoms. The summed E-state index contributed by atoms with van der Waals surface area (Å²) in [6.07, 6.45) is 0. The second-order valence-electron chi connectivity index (χ2n) is 7.47. The molecule has 21 heavy (non-hydrogen) atoms. The fourth-order valence-electron chi connectivity index (χ4n) is 2.74. The van der Waals surface area contributed by atoms with Crippen LogP contribution in [-0.2, 0) is 19.5 Å². The highest BCUT2D eigenvalue weighted by molar-refractivity contribution is 6.62. The first-order chi connectivity index (χ1) is 9.54. The van der Waals surface area contributed by atoms with Crippen LogP contribution in [-0.4, -0.2) is 24.2 Å². The first-order valence-electron chi connectivity index (χ1n) is 7.36. The van der Waals surface area contributed by atoms with Crippen LogP contribution in [0.5, 0.6) is 0 Å². The number of rotatable bonds is 1. The maximum absolute atomic E-state index is 12.0. The second kappa shape index (κ2) is 4.11. The summed E-state index contributed by atoms with van der Waals surface area (Å²) >= 11 is 0. The van der Waals surface area contributed by atoms with Crippen LogP contribution in [0, 0.1) is 0 Å². The summed E-state index contributed by atoms with van der Waals surface area (Å²) in [6, 6.07) is 5.95. The van der Waals surface area contributed by atoms with Crippen LogP contribution in [0.1, 0.15) is 47.1 Å². The lowest BCUT2D eigenvalue weighted by molar-refractivity contribution is -0.119. The zero-order chi connectivity index (χ0) is 15.6. The first kappa shape index (κ1) is 14.6. The predicted molar refractivity (Wildman–Crippen MR) is 83.8 cm³/mol. The number of carbonyl (C=O) groups is 1. The normalized spacial score (nSPS) is 24.9. The molecular weight excluding hydrogens is 265 g/mol. The van der Waals surface area contributed by atoms with Gasteiger partial charge in [0.15, 0.2) is 0 Å². The maximum Gasteiger partial charge on any atom is 0.494 e. The fraction of sp³-hybridized carbons (Fsp3) is 0.562. The lowest BCUT2D eigenvalue weighted by Gasteiger charge is -2.32. The van der Waals surface area contributed by atoms with Gasteiger partial charge in [-0.25, -0.2) is 0 Å². The van der Waals surface area contributed by atoms with Gasteiger partial charge in [-0.15, -0.1) is 0 Å². The van der Waals surface area contributed by atoms with E-state index in [9.17, 15) is 4.79 Å². The Balaban J connectivity index is 1.94. The van der Waals surface area contributed by atoms with Gasteiger partial charge in [0.05, 0.1) is 16.6 Å². The maximum atomic E-state index is 12.0. The van der Waals surface area contributed by atoms with Crippen molar-refractivity contribution in [1.82, 2.24) is 0 Å². The van der Waals surface area contributed by atoms with Crippen LogP contribution >= 0.6 is 0 Å². The van der Waals surface area contributed by atoms with E-state index in [1.807, 2.05) is 59.7 Å². The van der Waals surface area contributed by atoms with E-state index >= 15 is 0 Å². The van der Waals surface area contributed by atoms with Gasteiger partial charge in [-0.2, -0.15) is 0 Å². The highest BCUT2D eigenvalue weighted by Gasteiger charge is 2.52. The van der Waals surface area contributed by atoms with Crippen molar-refractivity contribution in [1.29, 1.82) is 0 Å². The summed E-state index contributed by atoms with van der Waals surface area (Å²) < 4.78 is 12.1. The van der Waals surface area contributed by atoms with Crippen LogP contribution in [0.15, 0.2) is 18.2 Å². The summed E-state index contributed by atoms with van der Waals surface area (Å²) in [5.41, 5.74) is 1.61. The smallest absolute Gasteiger partial charge is 0.399 e. The molecule has 1 N–H and O–H groups in total. The molecule has 0 aliphatic carbocycles. The Hall–Kier alpha value is -1.33. The summed E-state index contributed by atoms with van der Waals surface area (Å²) in [6.45, 7) is 12.0. The van der Waals surface area contributed by atoms with E-state index in [1.54, 1.807) is 0 Å². The molecule has 1 saturated heterocycles. The number of benzene rings is 1. The second-order valence-corrected chi connectivity index (χ2v) is 7.47. The molecule has 0 aromatic heterocycles. The largest absolute Gasteiger partial charge is 0.494 e. The minimum absolute atomic E-state index is 0.0311. The Morgan fingerprint density at radius 3 is 2.14 bits per heavy atom. The number of anilines is 1. The minimum atomic E-state index is -0.482. The average Bonchev–Trinajstić information content (AvgIpc) is 2.70. The summed E-state index contributed by atoms with van der Waals surface area (Å²) in [7, 11) is -0.402. The molecule has 5 heteroatoms. The van der Waals surface area contributed by atoms with Gasteiger partial charge in [-0.05, 0) is 58.6 Å². The minimum Gasteiger partial charge on any atom is -0.399 e. The predicted octanol–water partition coefficient (Wildman–Crippen LogP) is 2.22. The lowest BCUT2D eigenvalue weighted by Crippen LogP contribution is -2.41. The van der Waals surface area contributed by atoms with Gasteiger partial charge in [0.1, 0.15) is 0 Å². The first-order valence-corrected chi connectivity index (χ1v) is 7.36. The van der Waals surface area contributed by atoms with Crippen molar-refractivity contribution in [2.45, 2.75) is 58.2 Å². The van der Waals surface area contributed by atoms with E-state index in [0.717, 1.165) is 16.7 Å². The average molecular weight is 287 g/mol. The van der Waals surface area contributed by atoms with Gasteiger partial charge in [0.25, 0.3) is 0 Å². The van der Waals surface area contributed by atoms with Crippen LogP contribution in [0.4, 0.5) is 5.69 Å². The molecule has 4 nitrogen and oxygen atoms in total. The SMILES string of the molecule is CC1(C)C(=O)Nc2cc(B3OC(C)(C)C(C)(C)O3)ccc21. The van der Waals surface area contributed by atoms with Gasteiger partial charge in [-0.3, -0.25) is 4.79 Å². The third kappa shape index (κ3) is 2.02. The third-order valence-corrected chi connectivity index (χ3v) is 5.06. The zero-order valence-corrected chi connectivity index (χ0v) is 13.5. The summed E-state index contributed by atoms with van der Waals surface area (Å²) in [4.78, 5) is 12.0. The van der Waals surface area contributed by atoms with E-state index in [-0.39, 0.29) is 17.1 Å². The van der Waals surface area contributed by atoms with Gasteiger partial charge in [0, 0.05) is 5.69 Å². The molecule has 2 aliphatic rings. The number of amides is 1. The number of carbonyl (C=O) groups excluding carboxylic acids is 1. The van der Waals surface area contributed by atoms with E-state index in [2.05, 4.69) is 5.32 Å². The molecule has 0 unspecified atom stereocenters. The molecular formula is C16H22BNO3. The number of hydrogen-bond donors (Lipinski definition) is 1. The molecule has 112 valence electrons. The highest BCUT2D eigenvalue weighted by atomic mass is 16.7. The van der Waals surface area contributed by atoms with Crippen LogP contribution in [0.25, 0.3) is 0 Å². The van der Waals surface area contributed by atoms with Crippen LogP contribution < -0.4 is 10.8 Å². The van der Waals surface area contributed by atoms with Gasteiger partial charge in [0.2, 0.25) is 5.91 Å². The molecule has 0 bridgehead atoms. The third-order valence-electron chi connectivity index (χ3n) is 5.06. The number of fused-ring (bicyclic) bond motifs is 1. The van der Waals surface area contributed by atoms with E-state index < -0.39 is 12.5 Å². The van der Waals surface area contributed by atoms with Crippen LogP contribution in [0.3, 0.4) is 0 Å². The standard InChI is InChI=1S/C16H22BNO3/c1-14(2)11-8-7-10(9-12(11)18-13(14)19)17-20-15(3,4)16(5,6)21-17/h7-9H,1-6H3,(H,18,19). The summed E-state index contributed by atoms with van der Waals surface area (Å²) in [5.74, 6) is 0.0311. The van der Waals surface area contributed by atoms with Crippen molar-refractivity contribution in [2.24, 2.45) is 0 Å². The topological polar surface area (TPSA) is 47.6 Å². The Morgan fingerprint density at radius 2 is 1.57 bits per heavy atom. The molecule has 1 aromatic rings. The van der Waals surface area contributed by atoms with Crippen molar-refractivity contribution in [3.05, 3.63) is 23.8 Å². The van der Waals surface area contributed by atoms with Crippen molar-refractivity contribution in [2.75, 3.05) is 5.32 Å². The lowest BCUT2D eigenvalue weighted by atomic mass is 9.77. The molecule has 0 atom stereocenters. The molecule has 1 fully saturated rings. The van der Waals surface area contributed by atoms with E-state index in [1.165, 1.54) is 0 Å². The van der Waals surface area contributed by atoms with Crippen molar-refractivity contribution < 1.29 is 14.1 Å². The Labute approximate surface area is 126 Å². The fourth-order valence-corrected chi connectivity index (χ4v) is 2.74. The molecule has 0 saturated carbocycles. The Morgan fingerprint density at radius 1 is 1.00 bits per heavy atom. The van der Waals surface area contributed by atoms with E-state index in [0.29, 0.717) is 0 Å².